The molecule has 2 aromatic rings. The Bertz CT molecular complexity index is 611. The third-order valence-corrected chi connectivity index (χ3v) is 2.78. The van der Waals surface area contributed by atoms with Gasteiger partial charge in [0.15, 0.2) is 0 Å². The number of anilines is 3. The quantitative estimate of drug-likeness (QED) is 0.652. The molecule has 3 N–H and O–H groups in total. The molecule has 0 radical (unpaired) electrons. The first-order valence-corrected chi connectivity index (χ1v) is 5.77. The molecule has 98 valence electrons. The van der Waals surface area contributed by atoms with E-state index in [4.69, 9.17) is 5.73 Å². The first kappa shape index (κ1) is 12.9. The van der Waals surface area contributed by atoms with Gasteiger partial charge in [-0.15, -0.1) is 0 Å². The molecule has 0 aliphatic heterocycles. The van der Waals surface area contributed by atoms with Crippen LogP contribution in [0.25, 0.3) is 0 Å². The van der Waals surface area contributed by atoms with Gasteiger partial charge in [0.1, 0.15) is 0 Å². The van der Waals surface area contributed by atoms with E-state index in [0.717, 1.165) is 16.9 Å². The van der Waals surface area contributed by atoms with Gasteiger partial charge in [0.2, 0.25) is 0 Å². The standard InChI is InChI=1S/C14H15N3O2/c1-9-5-6-16-8-13(9)17-12-4-3-10(7-11(12)15)14(18)19-2/h3-8,17H,15H2,1-2H3. The number of esters is 1. The Morgan fingerprint density at radius 3 is 2.74 bits per heavy atom. The molecule has 0 saturated heterocycles. The van der Waals surface area contributed by atoms with Crippen molar-refractivity contribution >= 4 is 23.0 Å². The topological polar surface area (TPSA) is 77.2 Å². The van der Waals surface area contributed by atoms with Crippen molar-refractivity contribution in [2.75, 3.05) is 18.2 Å². The average molecular weight is 257 g/mol. The number of carbonyl (C=O) groups is 1. The average Bonchev–Trinajstić information content (AvgIpc) is 2.42. The van der Waals surface area contributed by atoms with Crippen molar-refractivity contribution in [3.05, 3.63) is 47.8 Å². The summed E-state index contributed by atoms with van der Waals surface area (Å²) >= 11 is 0. The highest BCUT2D eigenvalue weighted by Gasteiger charge is 2.08. The number of hydrogen-bond donors (Lipinski definition) is 2. The molecule has 1 heterocycles. The normalized spacial score (nSPS) is 10.0. The van der Waals surface area contributed by atoms with Gasteiger partial charge in [0, 0.05) is 6.20 Å². The molecule has 0 spiro atoms. The Morgan fingerprint density at radius 2 is 2.11 bits per heavy atom. The summed E-state index contributed by atoms with van der Waals surface area (Å²) in [6, 6.07) is 6.89. The maximum absolute atomic E-state index is 11.4. The van der Waals surface area contributed by atoms with Gasteiger partial charge in [-0.1, -0.05) is 0 Å². The number of benzene rings is 1. The number of methoxy groups -OCH3 is 1. The number of aryl methyl sites for hydroxylation is 1. The zero-order valence-electron chi connectivity index (χ0n) is 10.8. The van der Waals surface area contributed by atoms with Crippen molar-refractivity contribution in [3.8, 4) is 0 Å². The molecule has 0 saturated carbocycles. The molecule has 0 aliphatic carbocycles. The van der Waals surface area contributed by atoms with Crippen LogP contribution in [0.2, 0.25) is 0 Å². The van der Waals surface area contributed by atoms with Gasteiger partial charge in [0.05, 0.1) is 35.9 Å². The van der Waals surface area contributed by atoms with Gasteiger partial charge in [-0.2, -0.15) is 0 Å². The first-order valence-electron chi connectivity index (χ1n) is 5.77. The highest BCUT2D eigenvalue weighted by Crippen LogP contribution is 2.25. The van der Waals surface area contributed by atoms with E-state index in [0.29, 0.717) is 11.3 Å². The van der Waals surface area contributed by atoms with Gasteiger partial charge in [-0.3, -0.25) is 4.98 Å². The molecule has 0 amide bonds. The van der Waals surface area contributed by atoms with E-state index in [2.05, 4.69) is 15.0 Å². The SMILES string of the molecule is COC(=O)c1ccc(Nc2cnccc2C)c(N)c1. The summed E-state index contributed by atoms with van der Waals surface area (Å²) in [6.07, 6.45) is 3.45. The van der Waals surface area contributed by atoms with E-state index in [1.165, 1.54) is 7.11 Å². The zero-order chi connectivity index (χ0) is 13.8. The van der Waals surface area contributed by atoms with Crippen LogP contribution < -0.4 is 11.1 Å². The summed E-state index contributed by atoms with van der Waals surface area (Å²) in [6.45, 7) is 1.98. The second-order valence-corrected chi connectivity index (χ2v) is 4.11. The van der Waals surface area contributed by atoms with Crippen LogP contribution in [-0.4, -0.2) is 18.1 Å². The smallest absolute Gasteiger partial charge is 0.337 e. The minimum Gasteiger partial charge on any atom is -0.465 e. The highest BCUT2D eigenvalue weighted by atomic mass is 16.5. The molecule has 1 aromatic heterocycles. The van der Waals surface area contributed by atoms with Crippen molar-refractivity contribution < 1.29 is 9.53 Å². The second-order valence-electron chi connectivity index (χ2n) is 4.11. The monoisotopic (exact) mass is 257 g/mol. The predicted octanol–water partition coefficient (Wildman–Crippen LogP) is 2.50. The number of rotatable bonds is 3. The minimum absolute atomic E-state index is 0.407. The Hall–Kier alpha value is -2.56. The Morgan fingerprint density at radius 1 is 1.32 bits per heavy atom. The third kappa shape index (κ3) is 2.82. The first-order chi connectivity index (χ1) is 9.11. The summed E-state index contributed by atoms with van der Waals surface area (Å²) < 4.78 is 4.64. The fraction of sp³-hybridized carbons (Fsp3) is 0.143. The molecule has 0 bridgehead atoms. The fourth-order valence-electron chi connectivity index (χ4n) is 1.66. The molecule has 5 heteroatoms. The lowest BCUT2D eigenvalue weighted by atomic mass is 10.1. The lowest BCUT2D eigenvalue weighted by Crippen LogP contribution is -2.04. The van der Waals surface area contributed by atoms with Crippen molar-refractivity contribution in [2.24, 2.45) is 0 Å². The lowest BCUT2D eigenvalue weighted by molar-refractivity contribution is 0.0601. The Labute approximate surface area is 111 Å². The number of pyridine rings is 1. The molecule has 0 aliphatic rings. The van der Waals surface area contributed by atoms with Crippen LogP contribution in [-0.2, 0) is 4.74 Å². The van der Waals surface area contributed by atoms with Crippen molar-refractivity contribution in [3.63, 3.8) is 0 Å². The summed E-state index contributed by atoms with van der Waals surface area (Å²) in [7, 11) is 1.34. The number of nitrogens with one attached hydrogen (secondary N) is 1. The molecule has 2 rings (SSSR count). The molecule has 0 unspecified atom stereocenters. The van der Waals surface area contributed by atoms with Crippen LogP contribution in [0.4, 0.5) is 17.1 Å². The van der Waals surface area contributed by atoms with E-state index in [1.54, 1.807) is 30.6 Å². The Kier molecular flexibility index (Phi) is 3.66. The predicted molar refractivity (Wildman–Crippen MR) is 74.5 cm³/mol. The van der Waals surface area contributed by atoms with Crippen molar-refractivity contribution in [1.82, 2.24) is 4.98 Å². The highest BCUT2D eigenvalue weighted by molar-refractivity contribution is 5.92. The number of aromatic nitrogens is 1. The van der Waals surface area contributed by atoms with E-state index < -0.39 is 5.97 Å². The van der Waals surface area contributed by atoms with Crippen LogP contribution in [0.15, 0.2) is 36.7 Å². The van der Waals surface area contributed by atoms with E-state index in [9.17, 15) is 4.79 Å². The molecular formula is C14H15N3O2. The molecule has 5 nitrogen and oxygen atoms in total. The molecule has 19 heavy (non-hydrogen) atoms. The number of nitrogen functional groups attached to an aromatic ring is 1. The second kappa shape index (κ2) is 5.39. The maximum atomic E-state index is 11.4. The molecule has 1 aromatic carbocycles. The van der Waals surface area contributed by atoms with Crippen LogP contribution in [0.5, 0.6) is 0 Å². The molecule has 0 fully saturated rings. The van der Waals surface area contributed by atoms with Gasteiger partial charge in [0.25, 0.3) is 0 Å². The zero-order valence-corrected chi connectivity index (χ0v) is 10.8. The third-order valence-electron chi connectivity index (χ3n) is 2.78. The molecular weight excluding hydrogens is 242 g/mol. The number of carbonyl (C=O) groups excluding carboxylic acids is 1. The van der Waals surface area contributed by atoms with Crippen LogP contribution in [0.1, 0.15) is 15.9 Å². The van der Waals surface area contributed by atoms with Gasteiger partial charge < -0.3 is 15.8 Å². The van der Waals surface area contributed by atoms with Gasteiger partial charge in [-0.05, 0) is 36.8 Å². The Balaban J connectivity index is 2.27. The van der Waals surface area contributed by atoms with Crippen LogP contribution in [0, 0.1) is 6.92 Å². The van der Waals surface area contributed by atoms with E-state index >= 15 is 0 Å². The fourth-order valence-corrected chi connectivity index (χ4v) is 1.66. The lowest BCUT2D eigenvalue weighted by Gasteiger charge is -2.11. The maximum Gasteiger partial charge on any atom is 0.337 e. The van der Waals surface area contributed by atoms with Gasteiger partial charge in [-0.25, -0.2) is 4.79 Å². The summed E-state index contributed by atoms with van der Waals surface area (Å²) in [5.74, 6) is -0.407. The number of hydrogen-bond acceptors (Lipinski definition) is 5. The van der Waals surface area contributed by atoms with Crippen LogP contribution in [0.3, 0.4) is 0 Å². The van der Waals surface area contributed by atoms with Crippen LogP contribution >= 0.6 is 0 Å². The largest absolute Gasteiger partial charge is 0.465 e. The number of ether oxygens (including phenoxy) is 1. The number of nitrogens with zero attached hydrogens (tertiary/aromatic N) is 1. The summed E-state index contributed by atoms with van der Waals surface area (Å²) in [4.78, 5) is 15.4. The minimum atomic E-state index is -0.407. The van der Waals surface area contributed by atoms with Crippen molar-refractivity contribution in [1.29, 1.82) is 0 Å². The number of nitrogens with two attached hydrogens (primary N) is 1. The summed E-state index contributed by atoms with van der Waals surface area (Å²) in [5.41, 5.74) is 9.49. The van der Waals surface area contributed by atoms with E-state index in [1.807, 2.05) is 13.0 Å². The van der Waals surface area contributed by atoms with Crippen molar-refractivity contribution in [2.45, 2.75) is 6.92 Å². The van der Waals surface area contributed by atoms with Gasteiger partial charge >= 0.3 is 5.97 Å². The summed E-state index contributed by atoms with van der Waals surface area (Å²) in [5, 5.41) is 3.19. The molecule has 0 atom stereocenters. The van der Waals surface area contributed by atoms with E-state index in [-0.39, 0.29) is 0 Å².